The number of benzene rings is 2. The van der Waals surface area contributed by atoms with Crippen molar-refractivity contribution in [2.45, 2.75) is 24.9 Å². The summed E-state index contributed by atoms with van der Waals surface area (Å²) in [4.78, 5) is 2.52. The molecule has 0 saturated carbocycles. The van der Waals surface area contributed by atoms with Crippen molar-refractivity contribution in [1.29, 1.82) is 0 Å². The molecule has 6 heteroatoms. The van der Waals surface area contributed by atoms with Gasteiger partial charge >= 0.3 is 0 Å². The fourth-order valence-corrected chi connectivity index (χ4v) is 3.41. The second-order valence-corrected chi connectivity index (χ2v) is 8.18. The Morgan fingerprint density at radius 1 is 1.00 bits per heavy atom. The van der Waals surface area contributed by atoms with Crippen LogP contribution in [0.4, 0.5) is 0 Å². The van der Waals surface area contributed by atoms with Crippen molar-refractivity contribution in [3.63, 3.8) is 0 Å². The Bertz CT molecular complexity index is 746. The molecular formula is C19H26N2O3S. The average molecular weight is 362 g/mol. The van der Waals surface area contributed by atoms with Crippen LogP contribution in [0.5, 0.6) is 0 Å². The zero-order valence-corrected chi connectivity index (χ0v) is 15.5. The Balaban J connectivity index is 2.12. The lowest BCUT2D eigenvalue weighted by molar-refractivity contribution is 0.163. The molecule has 0 aliphatic heterocycles. The maximum atomic E-state index is 11.8. The highest BCUT2D eigenvalue weighted by atomic mass is 32.2. The van der Waals surface area contributed by atoms with Gasteiger partial charge in [-0.15, -0.1) is 0 Å². The predicted octanol–water partition coefficient (Wildman–Crippen LogP) is 2.23. The van der Waals surface area contributed by atoms with E-state index in [1.54, 1.807) is 12.1 Å². The summed E-state index contributed by atoms with van der Waals surface area (Å²) in [6.45, 7) is 4.40. The minimum atomic E-state index is -3.41. The molecule has 0 aliphatic rings. The molecule has 0 unspecified atom stereocenters. The van der Waals surface area contributed by atoms with Crippen LogP contribution in [0.15, 0.2) is 59.5 Å². The zero-order valence-electron chi connectivity index (χ0n) is 14.7. The van der Waals surface area contributed by atoms with E-state index >= 15 is 0 Å². The second-order valence-electron chi connectivity index (χ2n) is 6.29. The Kier molecular flexibility index (Phi) is 7.13. The molecule has 0 radical (unpaired) electrons. The first-order valence-corrected chi connectivity index (χ1v) is 9.82. The van der Waals surface area contributed by atoms with Crippen LogP contribution in [0.3, 0.4) is 0 Å². The van der Waals surface area contributed by atoms with Gasteiger partial charge in [-0.05, 0) is 36.2 Å². The van der Waals surface area contributed by atoms with Crippen LogP contribution in [-0.4, -0.2) is 38.6 Å². The topological polar surface area (TPSA) is 69.6 Å². The molecule has 2 aromatic rings. The largest absolute Gasteiger partial charge is 0.396 e. The summed E-state index contributed by atoms with van der Waals surface area (Å²) in [6, 6.07) is 17.1. The SMILES string of the molecule is CNS(=O)(=O)c1ccc(CN(Cc2ccccc2)C[C@@H](C)CO)cc1. The van der Waals surface area contributed by atoms with Gasteiger partial charge in [-0.25, -0.2) is 13.1 Å². The number of sulfonamides is 1. The summed E-state index contributed by atoms with van der Waals surface area (Å²) >= 11 is 0. The molecule has 2 N–H and O–H groups in total. The number of aliphatic hydroxyl groups excluding tert-OH is 1. The van der Waals surface area contributed by atoms with E-state index in [4.69, 9.17) is 0 Å². The van der Waals surface area contributed by atoms with E-state index in [1.807, 2.05) is 37.3 Å². The molecule has 2 rings (SSSR count). The van der Waals surface area contributed by atoms with Gasteiger partial charge in [0.1, 0.15) is 0 Å². The van der Waals surface area contributed by atoms with Gasteiger partial charge in [0.05, 0.1) is 4.90 Å². The fraction of sp³-hybridized carbons (Fsp3) is 0.368. The lowest BCUT2D eigenvalue weighted by Gasteiger charge is -2.25. The first-order chi connectivity index (χ1) is 11.9. The van der Waals surface area contributed by atoms with Crippen molar-refractivity contribution >= 4 is 10.0 Å². The molecule has 0 fully saturated rings. The van der Waals surface area contributed by atoms with E-state index in [1.165, 1.54) is 12.6 Å². The molecule has 0 amide bonds. The number of hydrogen-bond acceptors (Lipinski definition) is 4. The van der Waals surface area contributed by atoms with Crippen LogP contribution in [0.2, 0.25) is 0 Å². The molecule has 2 aromatic carbocycles. The molecule has 25 heavy (non-hydrogen) atoms. The smallest absolute Gasteiger partial charge is 0.240 e. The lowest BCUT2D eigenvalue weighted by Crippen LogP contribution is -2.29. The van der Waals surface area contributed by atoms with Crippen molar-refractivity contribution in [2.75, 3.05) is 20.2 Å². The third-order valence-corrected chi connectivity index (χ3v) is 5.47. The van der Waals surface area contributed by atoms with Crippen LogP contribution in [0.25, 0.3) is 0 Å². The van der Waals surface area contributed by atoms with Crippen molar-refractivity contribution in [3.05, 3.63) is 65.7 Å². The van der Waals surface area contributed by atoms with Gasteiger partial charge < -0.3 is 5.11 Å². The summed E-state index contributed by atoms with van der Waals surface area (Å²) in [5, 5.41) is 9.37. The molecule has 0 bridgehead atoms. The molecule has 0 heterocycles. The van der Waals surface area contributed by atoms with Gasteiger partial charge in [0.25, 0.3) is 0 Å². The average Bonchev–Trinajstić information content (AvgIpc) is 2.63. The molecule has 0 saturated heterocycles. The third kappa shape index (κ3) is 5.93. The highest BCUT2D eigenvalue weighted by Gasteiger charge is 2.13. The highest BCUT2D eigenvalue weighted by molar-refractivity contribution is 7.89. The van der Waals surface area contributed by atoms with Crippen LogP contribution >= 0.6 is 0 Å². The van der Waals surface area contributed by atoms with E-state index in [9.17, 15) is 13.5 Å². The lowest BCUT2D eigenvalue weighted by atomic mass is 10.1. The third-order valence-electron chi connectivity index (χ3n) is 4.04. The highest BCUT2D eigenvalue weighted by Crippen LogP contribution is 2.15. The molecule has 0 aliphatic carbocycles. The van der Waals surface area contributed by atoms with Crippen LogP contribution in [0, 0.1) is 5.92 Å². The minimum Gasteiger partial charge on any atom is -0.396 e. The van der Waals surface area contributed by atoms with Crippen LogP contribution in [0.1, 0.15) is 18.1 Å². The molecular weight excluding hydrogens is 336 g/mol. The summed E-state index contributed by atoms with van der Waals surface area (Å²) < 4.78 is 25.9. The number of aliphatic hydroxyl groups is 1. The first kappa shape index (κ1) is 19.6. The van der Waals surface area contributed by atoms with Crippen LogP contribution in [-0.2, 0) is 23.1 Å². The molecule has 5 nitrogen and oxygen atoms in total. The van der Waals surface area contributed by atoms with Gasteiger partial charge in [0.15, 0.2) is 0 Å². The minimum absolute atomic E-state index is 0.143. The Labute approximate surface area is 150 Å². The molecule has 0 spiro atoms. The van der Waals surface area contributed by atoms with Gasteiger partial charge in [-0.3, -0.25) is 4.90 Å². The predicted molar refractivity (Wildman–Crippen MR) is 99.5 cm³/mol. The fourth-order valence-electron chi connectivity index (χ4n) is 2.68. The van der Waals surface area contributed by atoms with Gasteiger partial charge in [0.2, 0.25) is 10.0 Å². The molecule has 0 aromatic heterocycles. The Hall–Kier alpha value is -1.73. The Morgan fingerprint density at radius 2 is 1.56 bits per heavy atom. The second kappa shape index (κ2) is 9.10. The number of nitrogens with one attached hydrogen (secondary N) is 1. The Morgan fingerprint density at radius 3 is 2.08 bits per heavy atom. The van der Waals surface area contributed by atoms with Crippen molar-refractivity contribution in [2.24, 2.45) is 5.92 Å². The quantitative estimate of drug-likeness (QED) is 0.718. The first-order valence-electron chi connectivity index (χ1n) is 8.34. The summed E-state index contributed by atoms with van der Waals surface area (Å²) in [6.07, 6.45) is 0. The van der Waals surface area contributed by atoms with E-state index in [-0.39, 0.29) is 17.4 Å². The monoisotopic (exact) mass is 362 g/mol. The normalized spacial score (nSPS) is 13.1. The van der Waals surface area contributed by atoms with Gasteiger partial charge in [0, 0.05) is 26.2 Å². The standard InChI is InChI=1S/C19H26N2O3S/c1-16(15-22)12-21(13-17-6-4-3-5-7-17)14-18-8-10-19(11-9-18)25(23,24)20-2/h3-11,16,20,22H,12-15H2,1-2H3/t16-/m1/s1. The van der Waals surface area contributed by atoms with Crippen molar-refractivity contribution in [1.82, 2.24) is 9.62 Å². The number of nitrogens with zero attached hydrogens (tertiary/aromatic N) is 1. The van der Waals surface area contributed by atoms with Crippen molar-refractivity contribution < 1.29 is 13.5 Å². The zero-order chi connectivity index (χ0) is 18.3. The van der Waals surface area contributed by atoms with Gasteiger partial charge in [-0.1, -0.05) is 49.4 Å². The molecule has 136 valence electrons. The van der Waals surface area contributed by atoms with E-state index in [0.717, 1.165) is 18.7 Å². The maximum absolute atomic E-state index is 11.8. The number of rotatable bonds is 9. The van der Waals surface area contributed by atoms with E-state index < -0.39 is 10.0 Å². The summed E-state index contributed by atoms with van der Waals surface area (Å²) in [5.41, 5.74) is 2.25. The maximum Gasteiger partial charge on any atom is 0.240 e. The molecule has 1 atom stereocenters. The van der Waals surface area contributed by atoms with Crippen LogP contribution < -0.4 is 4.72 Å². The van der Waals surface area contributed by atoms with Gasteiger partial charge in [-0.2, -0.15) is 0 Å². The number of hydrogen-bond donors (Lipinski definition) is 2. The van der Waals surface area contributed by atoms with E-state index in [0.29, 0.717) is 6.54 Å². The van der Waals surface area contributed by atoms with Crippen molar-refractivity contribution in [3.8, 4) is 0 Å². The van der Waals surface area contributed by atoms with E-state index in [2.05, 4.69) is 21.8 Å². The summed E-state index contributed by atoms with van der Waals surface area (Å²) in [5.74, 6) is 0.174. The summed E-state index contributed by atoms with van der Waals surface area (Å²) in [7, 11) is -2.01.